The van der Waals surface area contributed by atoms with Crippen LogP contribution in [0.15, 0.2) is 48.5 Å². The molecule has 2 aromatic carbocycles. The Balaban J connectivity index is 1.87. The van der Waals surface area contributed by atoms with E-state index in [9.17, 15) is 9.90 Å². The normalized spacial score (nSPS) is 17.8. The van der Waals surface area contributed by atoms with Crippen LogP contribution in [-0.4, -0.2) is 28.8 Å². The second-order valence-electron chi connectivity index (χ2n) is 5.10. The SMILES string of the molecule is COc1cc(C2SCC(=O)N2Cc2ccccc2)ccc1O. The number of carbonyl (C=O) groups excluding carboxylic acids is 1. The molecule has 22 heavy (non-hydrogen) atoms. The maximum absolute atomic E-state index is 12.2. The van der Waals surface area contributed by atoms with Crippen molar-refractivity contribution in [1.82, 2.24) is 4.90 Å². The molecule has 1 heterocycles. The number of benzene rings is 2. The summed E-state index contributed by atoms with van der Waals surface area (Å²) in [6.45, 7) is 0.584. The number of ether oxygens (including phenoxy) is 1. The average Bonchev–Trinajstić information content (AvgIpc) is 2.90. The van der Waals surface area contributed by atoms with Crippen LogP contribution in [0.3, 0.4) is 0 Å². The van der Waals surface area contributed by atoms with E-state index < -0.39 is 0 Å². The predicted molar refractivity (Wildman–Crippen MR) is 86.8 cm³/mol. The Labute approximate surface area is 133 Å². The van der Waals surface area contributed by atoms with Crippen molar-refractivity contribution in [3.8, 4) is 11.5 Å². The Morgan fingerprint density at radius 2 is 2.05 bits per heavy atom. The number of thioether (sulfide) groups is 1. The molecule has 0 radical (unpaired) electrons. The van der Waals surface area contributed by atoms with Gasteiger partial charge in [-0.1, -0.05) is 36.4 Å². The first-order valence-corrected chi connectivity index (χ1v) is 8.06. The third-order valence-electron chi connectivity index (χ3n) is 3.65. The van der Waals surface area contributed by atoms with Crippen LogP contribution in [0.4, 0.5) is 0 Å². The fourth-order valence-electron chi connectivity index (χ4n) is 2.53. The molecule has 1 fully saturated rings. The largest absolute Gasteiger partial charge is 0.504 e. The summed E-state index contributed by atoms with van der Waals surface area (Å²) in [7, 11) is 1.52. The Morgan fingerprint density at radius 1 is 1.27 bits per heavy atom. The fraction of sp³-hybridized carbons (Fsp3) is 0.235. The Kier molecular flexibility index (Phi) is 4.24. The van der Waals surface area contributed by atoms with Gasteiger partial charge in [-0.15, -0.1) is 11.8 Å². The summed E-state index contributed by atoms with van der Waals surface area (Å²) >= 11 is 1.60. The lowest BCUT2D eigenvalue weighted by atomic mass is 10.1. The molecule has 1 aliphatic heterocycles. The number of amides is 1. The number of aromatic hydroxyl groups is 1. The summed E-state index contributed by atoms with van der Waals surface area (Å²) in [5, 5.41) is 9.67. The van der Waals surface area contributed by atoms with Crippen molar-refractivity contribution in [2.24, 2.45) is 0 Å². The summed E-state index contributed by atoms with van der Waals surface area (Å²) in [6.07, 6.45) is 0. The second kappa shape index (κ2) is 6.32. The number of phenolic OH excluding ortho intramolecular Hbond substituents is 1. The van der Waals surface area contributed by atoms with Gasteiger partial charge in [-0.2, -0.15) is 0 Å². The molecule has 0 saturated carbocycles. The third-order valence-corrected chi connectivity index (χ3v) is 4.91. The molecule has 1 amide bonds. The second-order valence-corrected chi connectivity index (χ2v) is 6.17. The molecule has 3 rings (SSSR count). The van der Waals surface area contributed by atoms with Crippen molar-refractivity contribution in [3.05, 3.63) is 59.7 Å². The summed E-state index contributed by atoms with van der Waals surface area (Å²) in [5.41, 5.74) is 2.07. The highest BCUT2D eigenvalue weighted by Gasteiger charge is 2.33. The summed E-state index contributed by atoms with van der Waals surface area (Å²) in [6, 6.07) is 15.2. The van der Waals surface area contributed by atoms with E-state index in [0.29, 0.717) is 18.0 Å². The first-order chi connectivity index (χ1) is 10.7. The molecule has 0 aliphatic carbocycles. The van der Waals surface area contributed by atoms with Crippen molar-refractivity contribution >= 4 is 17.7 Å². The highest BCUT2D eigenvalue weighted by Crippen LogP contribution is 2.41. The number of hydrogen-bond acceptors (Lipinski definition) is 4. The van der Waals surface area contributed by atoms with E-state index in [1.165, 1.54) is 7.11 Å². The van der Waals surface area contributed by atoms with Crippen LogP contribution in [-0.2, 0) is 11.3 Å². The van der Waals surface area contributed by atoms with Crippen molar-refractivity contribution in [2.45, 2.75) is 11.9 Å². The minimum absolute atomic E-state index is 0.0535. The van der Waals surface area contributed by atoms with Crippen LogP contribution in [0, 0.1) is 0 Å². The van der Waals surface area contributed by atoms with Gasteiger partial charge in [-0.05, 0) is 23.3 Å². The molecular formula is C17H17NO3S. The predicted octanol–water partition coefficient (Wildman–Crippen LogP) is 3.18. The quantitative estimate of drug-likeness (QED) is 0.941. The van der Waals surface area contributed by atoms with Crippen molar-refractivity contribution in [3.63, 3.8) is 0 Å². The first-order valence-electron chi connectivity index (χ1n) is 7.01. The molecular weight excluding hydrogens is 298 g/mol. The van der Waals surface area contributed by atoms with Gasteiger partial charge in [-0.25, -0.2) is 0 Å². The van der Waals surface area contributed by atoms with Crippen molar-refractivity contribution in [1.29, 1.82) is 0 Å². The average molecular weight is 315 g/mol. The third kappa shape index (κ3) is 2.90. The van der Waals surface area contributed by atoms with E-state index in [0.717, 1.165) is 11.1 Å². The Morgan fingerprint density at radius 3 is 2.77 bits per heavy atom. The number of rotatable bonds is 4. The van der Waals surface area contributed by atoms with E-state index in [1.54, 1.807) is 23.9 Å². The zero-order chi connectivity index (χ0) is 15.5. The van der Waals surface area contributed by atoms with Crippen LogP contribution in [0.1, 0.15) is 16.5 Å². The zero-order valence-corrected chi connectivity index (χ0v) is 13.0. The van der Waals surface area contributed by atoms with E-state index in [-0.39, 0.29) is 17.0 Å². The number of phenols is 1. The van der Waals surface area contributed by atoms with Crippen LogP contribution >= 0.6 is 11.8 Å². The molecule has 1 N–H and O–H groups in total. The maximum Gasteiger partial charge on any atom is 0.234 e. The fourth-order valence-corrected chi connectivity index (χ4v) is 3.71. The van der Waals surface area contributed by atoms with E-state index in [1.807, 2.05) is 41.3 Å². The molecule has 1 saturated heterocycles. The van der Waals surface area contributed by atoms with Gasteiger partial charge in [0.2, 0.25) is 5.91 Å². The lowest BCUT2D eigenvalue weighted by Gasteiger charge is -2.24. The molecule has 2 aromatic rings. The molecule has 0 spiro atoms. The summed E-state index contributed by atoms with van der Waals surface area (Å²) in [5.74, 6) is 1.14. The highest BCUT2D eigenvalue weighted by atomic mass is 32.2. The van der Waals surface area contributed by atoms with Gasteiger partial charge < -0.3 is 14.7 Å². The maximum atomic E-state index is 12.2. The van der Waals surface area contributed by atoms with Gasteiger partial charge in [0, 0.05) is 6.54 Å². The van der Waals surface area contributed by atoms with Crippen molar-refractivity contribution < 1.29 is 14.6 Å². The molecule has 0 bridgehead atoms. The molecule has 4 nitrogen and oxygen atoms in total. The zero-order valence-electron chi connectivity index (χ0n) is 12.2. The minimum atomic E-state index is -0.0535. The summed E-state index contributed by atoms with van der Waals surface area (Å²) in [4.78, 5) is 14.1. The van der Waals surface area contributed by atoms with Crippen LogP contribution in [0.25, 0.3) is 0 Å². The van der Waals surface area contributed by atoms with Crippen LogP contribution < -0.4 is 4.74 Å². The first kappa shape index (κ1) is 14.8. The van der Waals surface area contributed by atoms with Crippen LogP contribution in [0.5, 0.6) is 11.5 Å². The smallest absolute Gasteiger partial charge is 0.234 e. The lowest BCUT2D eigenvalue weighted by molar-refractivity contribution is -0.128. The number of nitrogens with zero attached hydrogens (tertiary/aromatic N) is 1. The summed E-state index contributed by atoms with van der Waals surface area (Å²) < 4.78 is 5.16. The van der Waals surface area contributed by atoms with Crippen LogP contribution in [0.2, 0.25) is 0 Å². The molecule has 114 valence electrons. The van der Waals surface area contributed by atoms with Gasteiger partial charge in [0.05, 0.1) is 12.9 Å². The monoisotopic (exact) mass is 315 g/mol. The molecule has 1 aliphatic rings. The van der Waals surface area contributed by atoms with E-state index in [4.69, 9.17) is 4.74 Å². The number of methoxy groups -OCH3 is 1. The number of carbonyl (C=O) groups is 1. The standard InChI is InChI=1S/C17H17NO3S/c1-21-15-9-13(7-8-14(15)19)17-18(16(20)11-22-17)10-12-5-3-2-4-6-12/h2-9,17,19H,10-11H2,1H3. The topological polar surface area (TPSA) is 49.8 Å². The Bertz CT molecular complexity index is 675. The van der Waals surface area contributed by atoms with Gasteiger partial charge in [-0.3, -0.25) is 4.79 Å². The van der Waals surface area contributed by atoms with Gasteiger partial charge >= 0.3 is 0 Å². The van der Waals surface area contributed by atoms with Gasteiger partial charge in [0.15, 0.2) is 11.5 Å². The minimum Gasteiger partial charge on any atom is -0.504 e. The van der Waals surface area contributed by atoms with Crippen molar-refractivity contribution in [2.75, 3.05) is 12.9 Å². The Hall–Kier alpha value is -2.14. The van der Waals surface area contributed by atoms with E-state index >= 15 is 0 Å². The molecule has 1 atom stereocenters. The van der Waals surface area contributed by atoms with E-state index in [2.05, 4.69) is 0 Å². The van der Waals surface area contributed by atoms with Gasteiger partial charge in [0.1, 0.15) is 5.37 Å². The molecule has 0 aromatic heterocycles. The molecule has 1 unspecified atom stereocenters. The number of hydrogen-bond donors (Lipinski definition) is 1. The highest BCUT2D eigenvalue weighted by molar-refractivity contribution is 8.00. The lowest BCUT2D eigenvalue weighted by Crippen LogP contribution is -2.27. The molecule has 5 heteroatoms. The van der Waals surface area contributed by atoms with Gasteiger partial charge in [0.25, 0.3) is 0 Å².